The molecule has 11 heteroatoms. The van der Waals surface area contributed by atoms with E-state index < -0.39 is 0 Å². The summed E-state index contributed by atoms with van der Waals surface area (Å²) in [5.41, 5.74) is 2.41. The Morgan fingerprint density at radius 3 is 2.27 bits per heavy atom. The first-order chi connectivity index (χ1) is 21.8. The summed E-state index contributed by atoms with van der Waals surface area (Å²) in [7, 11) is 3.20. The summed E-state index contributed by atoms with van der Waals surface area (Å²) in [6.45, 7) is 4.13. The molecule has 0 radical (unpaired) electrons. The Morgan fingerprint density at radius 2 is 1.60 bits per heavy atom. The van der Waals surface area contributed by atoms with Crippen LogP contribution in [0.1, 0.15) is 40.7 Å². The molecule has 0 aromatic heterocycles. The molecule has 3 aromatic rings. The third-order valence-electron chi connectivity index (χ3n) is 8.04. The molecule has 2 fully saturated rings. The highest BCUT2D eigenvalue weighted by atomic mass is 35.5. The summed E-state index contributed by atoms with van der Waals surface area (Å²) < 4.78 is 22.3. The van der Waals surface area contributed by atoms with Gasteiger partial charge in [0.15, 0.2) is 17.2 Å². The van der Waals surface area contributed by atoms with Gasteiger partial charge < -0.3 is 34.5 Å². The van der Waals surface area contributed by atoms with Crippen LogP contribution in [0.3, 0.4) is 0 Å². The highest BCUT2D eigenvalue weighted by Gasteiger charge is 2.40. The topological polar surface area (TPSA) is 98.4 Å². The van der Waals surface area contributed by atoms with Crippen LogP contribution in [0.4, 0.5) is 0 Å². The molecule has 45 heavy (non-hydrogen) atoms. The molecule has 2 atom stereocenters. The van der Waals surface area contributed by atoms with E-state index in [1.54, 1.807) is 50.6 Å². The number of methoxy groups -OCH3 is 2. The van der Waals surface area contributed by atoms with Crippen LogP contribution in [0.5, 0.6) is 23.0 Å². The highest BCUT2D eigenvalue weighted by Crippen LogP contribution is 2.35. The zero-order valence-corrected chi connectivity index (χ0v) is 27.2. The van der Waals surface area contributed by atoms with Gasteiger partial charge in [0.05, 0.1) is 30.2 Å². The molecule has 240 valence electrons. The van der Waals surface area contributed by atoms with Crippen molar-refractivity contribution in [2.24, 2.45) is 5.92 Å². The van der Waals surface area contributed by atoms with Gasteiger partial charge in [-0.05, 0) is 92.4 Å². The predicted molar refractivity (Wildman–Crippen MR) is 174 cm³/mol. The summed E-state index contributed by atoms with van der Waals surface area (Å²) in [4.78, 5) is 29.2. The van der Waals surface area contributed by atoms with Crippen LogP contribution >= 0.6 is 23.2 Å². The van der Waals surface area contributed by atoms with Crippen LogP contribution in [0, 0.1) is 12.8 Å². The summed E-state index contributed by atoms with van der Waals surface area (Å²) >= 11 is 12.5. The Balaban J connectivity index is 1.16. The van der Waals surface area contributed by atoms with Crippen LogP contribution in [0.25, 0.3) is 0 Å². The first-order valence-corrected chi connectivity index (χ1v) is 15.9. The quantitative estimate of drug-likeness (QED) is 0.229. The zero-order chi connectivity index (χ0) is 31.9. The minimum atomic E-state index is -0.374. The normalized spacial score (nSPS) is 17.7. The molecule has 2 aliphatic rings. The largest absolute Gasteiger partial charge is 0.493 e. The maximum absolute atomic E-state index is 13.9. The molecular weight excluding hydrogens is 617 g/mol. The van der Waals surface area contributed by atoms with E-state index in [1.165, 1.54) is 0 Å². The molecule has 1 aliphatic heterocycles. The van der Waals surface area contributed by atoms with Gasteiger partial charge in [-0.1, -0.05) is 29.3 Å². The second-order valence-electron chi connectivity index (χ2n) is 11.3. The fourth-order valence-corrected chi connectivity index (χ4v) is 6.24. The predicted octanol–water partition coefficient (Wildman–Crippen LogP) is 5.68. The fourth-order valence-electron chi connectivity index (χ4n) is 5.53. The Labute approximate surface area is 274 Å². The smallest absolute Gasteiger partial charge is 0.251 e. The molecule has 1 heterocycles. The van der Waals surface area contributed by atoms with Crippen LogP contribution in [-0.2, 0) is 11.3 Å². The van der Waals surface area contributed by atoms with E-state index >= 15 is 0 Å². The number of piperidine rings is 1. The molecule has 1 saturated carbocycles. The third kappa shape index (κ3) is 8.34. The summed E-state index contributed by atoms with van der Waals surface area (Å²) in [6, 6.07) is 16.1. The minimum absolute atomic E-state index is 0.0453. The van der Waals surface area contributed by atoms with E-state index in [1.807, 2.05) is 30.0 Å². The van der Waals surface area contributed by atoms with E-state index in [0.717, 1.165) is 30.5 Å². The first-order valence-electron chi connectivity index (χ1n) is 15.1. The lowest BCUT2D eigenvalue weighted by Gasteiger charge is -2.36. The number of nitrogens with one attached hydrogen (secondary N) is 2. The van der Waals surface area contributed by atoms with Crippen LogP contribution in [0.2, 0.25) is 10.0 Å². The summed E-state index contributed by atoms with van der Waals surface area (Å²) in [5, 5.41) is 7.38. The average molecular weight is 657 g/mol. The van der Waals surface area contributed by atoms with E-state index in [9.17, 15) is 9.59 Å². The van der Waals surface area contributed by atoms with Gasteiger partial charge in [-0.3, -0.25) is 9.59 Å². The van der Waals surface area contributed by atoms with Crippen LogP contribution < -0.4 is 29.6 Å². The number of carbonyl (C=O) groups is 2. The average Bonchev–Trinajstić information content (AvgIpc) is 3.88. The lowest BCUT2D eigenvalue weighted by Crippen LogP contribution is -2.55. The molecule has 5 rings (SSSR count). The van der Waals surface area contributed by atoms with Gasteiger partial charge in [-0.25, -0.2) is 0 Å². The molecule has 2 unspecified atom stereocenters. The zero-order valence-electron chi connectivity index (χ0n) is 25.7. The van der Waals surface area contributed by atoms with Gasteiger partial charge in [-0.15, -0.1) is 0 Å². The first kappa shape index (κ1) is 32.7. The summed E-state index contributed by atoms with van der Waals surface area (Å²) in [5.74, 6) is 1.75. The van der Waals surface area contributed by atoms with Gasteiger partial charge >= 0.3 is 0 Å². The number of rotatable bonds is 13. The number of hydrogen-bond acceptors (Lipinski definition) is 7. The lowest BCUT2D eigenvalue weighted by atomic mass is 9.91. The maximum atomic E-state index is 13.9. The Hall–Kier alpha value is -3.66. The van der Waals surface area contributed by atoms with Gasteiger partial charge in [0, 0.05) is 30.7 Å². The van der Waals surface area contributed by atoms with E-state index in [4.69, 9.17) is 42.1 Å². The SMILES string of the molecule is COc1ccc(CN(C(=O)C2CNCCC2NC(=O)c2ccc(OCCOc3c(Cl)cc(C)cc3Cl)cc2)C2CC2)cc1OC. The minimum Gasteiger partial charge on any atom is -0.493 e. The van der Waals surface area contributed by atoms with Crippen molar-refractivity contribution in [1.29, 1.82) is 0 Å². The molecule has 9 nitrogen and oxygen atoms in total. The van der Waals surface area contributed by atoms with E-state index in [-0.39, 0.29) is 43.0 Å². The molecule has 2 N–H and O–H groups in total. The van der Waals surface area contributed by atoms with Gasteiger partial charge in [-0.2, -0.15) is 0 Å². The number of aryl methyl sites for hydroxylation is 1. The van der Waals surface area contributed by atoms with Crippen molar-refractivity contribution in [3.8, 4) is 23.0 Å². The van der Waals surface area contributed by atoms with Gasteiger partial charge in [0.2, 0.25) is 5.91 Å². The number of nitrogens with zero attached hydrogens (tertiary/aromatic N) is 1. The molecule has 3 aromatic carbocycles. The molecule has 0 spiro atoms. The van der Waals surface area contributed by atoms with Crippen LogP contribution in [0.15, 0.2) is 54.6 Å². The van der Waals surface area contributed by atoms with E-state index in [0.29, 0.717) is 58.1 Å². The lowest BCUT2D eigenvalue weighted by molar-refractivity contribution is -0.138. The molecular formula is C34H39Cl2N3O6. The van der Waals surface area contributed by atoms with Crippen molar-refractivity contribution in [3.05, 3.63) is 81.3 Å². The van der Waals surface area contributed by atoms with Crippen molar-refractivity contribution in [1.82, 2.24) is 15.5 Å². The molecule has 0 bridgehead atoms. The maximum Gasteiger partial charge on any atom is 0.251 e. The van der Waals surface area contributed by atoms with Crippen molar-refractivity contribution < 1.29 is 28.5 Å². The summed E-state index contributed by atoms with van der Waals surface area (Å²) in [6.07, 6.45) is 2.61. The fraction of sp³-hybridized carbons (Fsp3) is 0.412. The Morgan fingerprint density at radius 1 is 0.911 bits per heavy atom. The van der Waals surface area contributed by atoms with Crippen molar-refractivity contribution in [3.63, 3.8) is 0 Å². The van der Waals surface area contributed by atoms with E-state index in [2.05, 4.69) is 10.6 Å². The van der Waals surface area contributed by atoms with Gasteiger partial charge in [0.1, 0.15) is 19.0 Å². The number of amides is 2. The molecule has 1 saturated heterocycles. The third-order valence-corrected chi connectivity index (χ3v) is 8.61. The number of benzene rings is 3. The Bertz CT molecular complexity index is 1470. The highest BCUT2D eigenvalue weighted by molar-refractivity contribution is 6.37. The number of ether oxygens (including phenoxy) is 4. The number of hydrogen-bond donors (Lipinski definition) is 2. The molecule has 2 amide bonds. The van der Waals surface area contributed by atoms with Crippen molar-refractivity contribution in [2.75, 3.05) is 40.5 Å². The van der Waals surface area contributed by atoms with Crippen LogP contribution in [-0.4, -0.2) is 69.3 Å². The number of carbonyl (C=O) groups excluding carboxylic acids is 2. The van der Waals surface area contributed by atoms with Crippen molar-refractivity contribution >= 4 is 35.0 Å². The number of halogens is 2. The second kappa shape index (κ2) is 15.1. The van der Waals surface area contributed by atoms with Crippen molar-refractivity contribution in [2.45, 2.75) is 44.8 Å². The monoisotopic (exact) mass is 655 g/mol. The standard InChI is InChI=1S/C34H39Cl2N3O6/c1-21-16-27(35)32(28(36)17-21)45-15-14-44-25-9-5-23(6-10-25)33(40)38-29-12-13-37-19-26(29)34(41)39(24-7-8-24)20-22-4-11-30(42-2)31(18-22)43-3/h4-6,9-11,16-18,24,26,29,37H,7-8,12-15,19-20H2,1-3H3,(H,38,40). The van der Waals surface area contributed by atoms with Gasteiger partial charge in [0.25, 0.3) is 5.91 Å². The second-order valence-corrected chi connectivity index (χ2v) is 12.2. The Kier molecular flexibility index (Phi) is 11.0. The molecule has 1 aliphatic carbocycles.